The van der Waals surface area contributed by atoms with Crippen molar-refractivity contribution in [2.45, 2.75) is 13.3 Å². The Kier molecular flexibility index (Phi) is 3.05. The number of hydrogen-bond donors (Lipinski definition) is 1. The molecule has 0 bridgehead atoms. The third kappa shape index (κ3) is 2.37. The second-order valence-electron chi connectivity index (χ2n) is 4.13. The molecule has 3 rings (SSSR count). The van der Waals surface area contributed by atoms with Gasteiger partial charge < -0.3 is 10.5 Å². The van der Waals surface area contributed by atoms with E-state index in [1.54, 1.807) is 0 Å². The van der Waals surface area contributed by atoms with Gasteiger partial charge in [-0.15, -0.1) is 11.3 Å². The van der Waals surface area contributed by atoms with E-state index in [-0.39, 0.29) is 5.95 Å². The topological polar surface area (TPSA) is 61.0 Å². The van der Waals surface area contributed by atoms with Crippen LogP contribution in [0.15, 0.2) is 35.7 Å². The zero-order chi connectivity index (χ0) is 13.2. The number of nitrogens with zero attached hydrogens (tertiary/aromatic N) is 2. The van der Waals surface area contributed by atoms with Crippen molar-refractivity contribution >= 4 is 27.5 Å². The van der Waals surface area contributed by atoms with Gasteiger partial charge >= 0.3 is 0 Å². The van der Waals surface area contributed by atoms with Crippen molar-refractivity contribution in [2.75, 3.05) is 5.73 Å². The number of aryl methyl sites for hydroxylation is 1. The molecule has 1 aromatic carbocycles. The van der Waals surface area contributed by atoms with Crippen LogP contribution >= 0.6 is 11.3 Å². The summed E-state index contributed by atoms with van der Waals surface area (Å²) in [6.07, 6.45) is 0.969. The Morgan fingerprint density at radius 1 is 1.26 bits per heavy atom. The van der Waals surface area contributed by atoms with E-state index in [9.17, 15) is 0 Å². The molecule has 2 N–H and O–H groups in total. The monoisotopic (exact) mass is 271 g/mol. The number of fused-ring (bicyclic) bond motifs is 1. The van der Waals surface area contributed by atoms with Crippen molar-refractivity contribution < 1.29 is 4.74 Å². The summed E-state index contributed by atoms with van der Waals surface area (Å²) in [6.45, 7) is 2.11. The third-order valence-corrected chi connectivity index (χ3v) is 3.64. The molecule has 19 heavy (non-hydrogen) atoms. The molecule has 0 fully saturated rings. The summed E-state index contributed by atoms with van der Waals surface area (Å²) >= 11 is 1.52. The number of nitrogen functional groups attached to an aromatic ring is 1. The molecule has 0 amide bonds. The lowest BCUT2D eigenvalue weighted by Crippen LogP contribution is -1.97. The second kappa shape index (κ2) is 4.85. The highest BCUT2D eigenvalue weighted by molar-refractivity contribution is 7.16. The average molecular weight is 271 g/mol. The van der Waals surface area contributed by atoms with Gasteiger partial charge in [-0.05, 0) is 35.6 Å². The number of thiophene rings is 1. The largest absolute Gasteiger partial charge is 0.438 e. The number of benzene rings is 1. The summed E-state index contributed by atoms with van der Waals surface area (Å²) in [6, 6.07) is 9.91. The molecule has 0 saturated carbocycles. The van der Waals surface area contributed by atoms with E-state index >= 15 is 0 Å². The van der Waals surface area contributed by atoms with Crippen LogP contribution in [-0.4, -0.2) is 9.97 Å². The highest BCUT2D eigenvalue weighted by atomic mass is 32.1. The summed E-state index contributed by atoms with van der Waals surface area (Å²) in [4.78, 5) is 9.19. The molecule has 5 heteroatoms. The van der Waals surface area contributed by atoms with E-state index in [4.69, 9.17) is 10.5 Å². The molecule has 4 nitrogen and oxygen atoms in total. The first-order valence-electron chi connectivity index (χ1n) is 6.04. The fraction of sp³-hybridized carbons (Fsp3) is 0.143. The third-order valence-electron chi connectivity index (χ3n) is 2.83. The first kappa shape index (κ1) is 11.9. The summed E-state index contributed by atoms with van der Waals surface area (Å²) in [5, 5.41) is 2.84. The predicted molar refractivity (Wildman–Crippen MR) is 77.7 cm³/mol. The van der Waals surface area contributed by atoms with Crippen LogP contribution in [0.1, 0.15) is 12.5 Å². The average Bonchev–Trinajstić information content (AvgIpc) is 2.87. The number of rotatable bonds is 3. The fourth-order valence-electron chi connectivity index (χ4n) is 1.86. The lowest BCUT2D eigenvalue weighted by molar-refractivity contribution is 0.469. The Bertz CT molecular complexity index is 724. The Morgan fingerprint density at radius 2 is 2.16 bits per heavy atom. The van der Waals surface area contributed by atoms with Crippen molar-refractivity contribution in [1.29, 1.82) is 0 Å². The Hall–Kier alpha value is -2.14. The molecular formula is C14H13N3OS. The van der Waals surface area contributed by atoms with Gasteiger partial charge in [-0.25, -0.2) is 4.98 Å². The summed E-state index contributed by atoms with van der Waals surface area (Å²) in [5.41, 5.74) is 6.92. The molecule has 2 aromatic heterocycles. The van der Waals surface area contributed by atoms with Gasteiger partial charge in [-0.1, -0.05) is 19.1 Å². The Labute approximate surface area is 114 Å². The van der Waals surface area contributed by atoms with Crippen molar-refractivity contribution in [3.05, 3.63) is 41.3 Å². The van der Waals surface area contributed by atoms with Gasteiger partial charge in [0.1, 0.15) is 10.6 Å². The number of ether oxygens (including phenoxy) is 1. The van der Waals surface area contributed by atoms with Crippen LogP contribution in [-0.2, 0) is 6.42 Å². The highest BCUT2D eigenvalue weighted by Crippen LogP contribution is 2.31. The lowest BCUT2D eigenvalue weighted by Gasteiger charge is -2.07. The predicted octanol–water partition coefficient (Wildman–Crippen LogP) is 3.63. The van der Waals surface area contributed by atoms with Gasteiger partial charge in [-0.2, -0.15) is 4.98 Å². The van der Waals surface area contributed by atoms with Crippen LogP contribution in [0.4, 0.5) is 5.95 Å². The molecule has 0 aliphatic rings. The van der Waals surface area contributed by atoms with Gasteiger partial charge in [0.15, 0.2) is 0 Å². The van der Waals surface area contributed by atoms with E-state index in [1.165, 1.54) is 16.9 Å². The molecule has 3 aromatic rings. The summed E-state index contributed by atoms with van der Waals surface area (Å²) < 4.78 is 5.85. The maximum Gasteiger partial charge on any atom is 0.232 e. The van der Waals surface area contributed by atoms with Crippen molar-refractivity contribution in [3.63, 3.8) is 0 Å². The first-order valence-corrected chi connectivity index (χ1v) is 6.91. The number of nitrogens with two attached hydrogens (primary N) is 1. The molecule has 0 saturated heterocycles. The smallest absolute Gasteiger partial charge is 0.232 e. The molecule has 0 aliphatic carbocycles. The van der Waals surface area contributed by atoms with E-state index in [2.05, 4.69) is 23.0 Å². The van der Waals surface area contributed by atoms with E-state index < -0.39 is 0 Å². The van der Waals surface area contributed by atoms with E-state index in [0.29, 0.717) is 5.88 Å². The molecular weight excluding hydrogens is 258 g/mol. The normalized spacial score (nSPS) is 10.8. The minimum absolute atomic E-state index is 0.233. The molecule has 0 spiro atoms. The molecule has 96 valence electrons. The quantitative estimate of drug-likeness (QED) is 0.790. The zero-order valence-electron chi connectivity index (χ0n) is 10.5. The standard InChI is InChI=1S/C14H13N3OS/c1-2-9-4-3-5-10(8-9)18-12-11-6-7-19-13(11)17-14(15)16-12/h3-8H,2H2,1H3,(H2,15,16,17). The number of hydrogen-bond acceptors (Lipinski definition) is 5. The van der Waals surface area contributed by atoms with Gasteiger partial charge in [-0.3, -0.25) is 0 Å². The minimum atomic E-state index is 0.233. The van der Waals surface area contributed by atoms with Gasteiger partial charge in [0, 0.05) is 0 Å². The van der Waals surface area contributed by atoms with Gasteiger partial charge in [0.2, 0.25) is 11.8 Å². The minimum Gasteiger partial charge on any atom is -0.438 e. The maximum atomic E-state index is 5.85. The Morgan fingerprint density at radius 3 is 3.00 bits per heavy atom. The molecule has 0 radical (unpaired) electrons. The van der Waals surface area contributed by atoms with Gasteiger partial charge in [0.25, 0.3) is 0 Å². The zero-order valence-corrected chi connectivity index (χ0v) is 11.3. The lowest BCUT2D eigenvalue weighted by atomic mass is 10.2. The Balaban J connectivity index is 2.02. The van der Waals surface area contributed by atoms with Crippen LogP contribution in [0.25, 0.3) is 10.2 Å². The van der Waals surface area contributed by atoms with Crippen molar-refractivity contribution in [2.24, 2.45) is 0 Å². The first-order chi connectivity index (χ1) is 9.26. The molecule has 0 atom stereocenters. The number of aromatic nitrogens is 2. The van der Waals surface area contributed by atoms with Gasteiger partial charge in [0.05, 0.1) is 5.39 Å². The maximum absolute atomic E-state index is 5.85. The summed E-state index contributed by atoms with van der Waals surface area (Å²) in [5.74, 6) is 1.51. The van der Waals surface area contributed by atoms with Crippen LogP contribution in [0, 0.1) is 0 Å². The number of anilines is 1. The van der Waals surface area contributed by atoms with Crippen molar-refractivity contribution in [3.8, 4) is 11.6 Å². The molecule has 0 unspecified atom stereocenters. The van der Waals surface area contributed by atoms with Crippen LogP contribution in [0.5, 0.6) is 11.6 Å². The van der Waals surface area contributed by atoms with E-state index in [0.717, 1.165) is 22.4 Å². The highest BCUT2D eigenvalue weighted by Gasteiger charge is 2.09. The van der Waals surface area contributed by atoms with E-state index in [1.807, 2.05) is 29.6 Å². The fourth-order valence-corrected chi connectivity index (χ4v) is 2.62. The van der Waals surface area contributed by atoms with Crippen LogP contribution in [0.3, 0.4) is 0 Å². The van der Waals surface area contributed by atoms with Crippen LogP contribution < -0.4 is 10.5 Å². The van der Waals surface area contributed by atoms with Crippen molar-refractivity contribution in [1.82, 2.24) is 9.97 Å². The SMILES string of the molecule is CCc1cccc(Oc2nc(N)nc3sccc23)c1. The second-order valence-corrected chi connectivity index (χ2v) is 5.02. The van der Waals surface area contributed by atoms with Crippen LogP contribution in [0.2, 0.25) is 0 Å². The molecule has 2 heterocycles. The summed E-state index contributed by atoms with van der Waals surface area (Å²) in [7, 11) is 0. The molecule has 0 aliphatic heterocycles.